The Labute approximate surface area is 125 Å². The van der Waals surface area contributed by atoms with Gasteiger partial charge in [0.2, 0.25) is 10.0 Å². The third-order valence-corrected chi connectivity index (χ3v) is 4.71. The average Bonchev–Trinajstić information content (AvgIpc) is 2.37. The van der Waals surface area contributed by atoms with Crippen molar-refractivity contribution in [1.82, 2.24) is 4.31 Å². The Morgan fingerprint density at radius 1 is 1.38 bits per heavy atom. The second kappa shape index (κ2) is 6.91. The molecule has 1 aromatic rings. The third kappa shape index (κ3) is 4.71. The first-order valence-electron chi connectivity index (χ1n) is 6.60. The first-order chi connectivity index (χ1) is 9.64. The van der Waals surface area contributed by atoms with Crippen molar-refractivity contribution in [3.05, 3.63) is 23.8 Å². The van der Waals surface area contributed by atoms with Crippen molar-refractivity contribution in [3.63, 3.8) is 0 Å². The molecule has 0 saturated heterocycles. The van der Waals surface area contributed by atoms with E-state index >= 15 is 0 Å². The number of aryl methyl sites for hydroxylation is 1. The highest BCUT2D eigenvalue weighted by atomic mass is 32.2. The van der Waals surface area contributed by atoms with E-state index in [1.54, 1.807) is 13.0 Å². The number of carboxylic acid groups (broad SMARTS) is 1. The van der Waals surface area contributed by atoms with Gasteiger partial charge in [-0.05, 0) is 44.5 Å². The average molecular weight is 315 g/mol. The maximum atomic E-state index is 12.3. The Bertz CT molecular complexity index is 610. The van der Waals surface area contributed by atoms with E-state index in [2.05, 4.69) is 0 Å². The van der Waals surface area contributed by atoms with E-state index in [1.165, 1.54) is 19.2 Å². The number of aliphatic carboxylic acids is 1. The first-order valence-corrected chi connectivity index (χ1v) is 8.04. The van der Waals surface area contributed by atoms with E-state index in [0.717, 1.165) is 9.87 Å². The van der Waals surface area contributed by atoms with Crippen LogP contribution in [0.15, 0.2) is 23.1 Å². The minimum Gasteiger partial charge on any atom is -0.491 e. The lowest BCUT2D eigenvalue weighted by Crippen LogP contribution is -2.29. The van der Waals surface area contributed by atoms with Crippen LogP contribution < -0.4 is 4.74 Å². The van der Waals surface area contributed by atoms with E-state index < -0.39 is 16.0 Å². The monoisotopic (exact) mass is 315 g/mol. The van der Waals surface area contributed by atoms with Gasteiger partial charge in [-0.15, -0.1) is 0 Å². The van der Waals surface area contributed by atoms with Crippen molar-refractivity contribution in [2.75, 3.05) is 13.6 Å². The lowest BCUT2D eigenvalue weighted by Gasteiger charge is -2.18. The molecule has 0 unspecified atom stereocenters. The summed E-state index contributed by atoms with van der Waals surface area (Å²) in [6.07, 6.45) is -0.229. The predicted octanol–water partition coefficient (Wildman–Crippen LogP) is 1.88. The van der Waals surface area contributed by atoms with Crippen LogP contribution in [-0.4, -0.2) is 43.5 Å². The van der Waals surface area contributed by atoms with Crippen LogP contribution in [0.4, 0.5) is 0 Å². The largest absolute Gasteiger partial charge is 0.491 e. The summed E-state index contributed by atoms with van der Waals surface area (Å²) < 4.78 is 31.3. The Morgan fingerprint density at radius 3 is 2.48 bits per heavy atom. The quantitative estimate of drug-likeness (QED) is 0.830. The summed E-state index contributed by atoms with van der Waals surface area (Å²) in [6.45, 7) is 5.49. The molecular formula is C14H21NO5S. The van der Waals surface area contributed by atoms with Gasteiger partial charge < -0.3 is 9.84 Å². The van der Waals surface area contributed by atoms with Gasteiger partial charge in [-0.2, -0.15) is 0 Å². The van der Waals surface area contributed by atoms with Gasteiger partial charge in [0.05, 0.1) is 17.4 Å². The minimum absolute atomic E-state index is 0.00407. The van der Waals surface area contributed by atoms with E-state index in [9.17, 15) is 13.2 Å². The topological polar surface area (TPSA) is 83.9 Å². The molecule has 0 fully saturated rings. The molecule has 6 nitrogen and oxygen atoms in total. The number of benzene rings is 1. The van der Waals surface area contributed by atoms with Crippen LogP contribution in [0.3, 0.4) is 0 Å². The molecule has 0 aliphatic carbocycles. The van der Waals surface area contributed by atoms with Crippen molar-refractivity contribution < 1.29 is 23.1 Å². The maximum absolute atomic E-state index is 12.3. The van der Waals surface area contributed by atoms with Crippen LogP contribution in [0, 0.1) is 6.92 Å². The summed E-state index contributed by atoms with van der Waals surface area (Å²) in [4.78, 5) is 10.7. The number of hydrogen-bond donors (Lipinski definition) is 1. The molecule has 0 radical (unpaired) electrons. The molecule has 1 rings (SSSR count). The lowest BCUT2D eigenvalue weighted by molar-refractivity contribution is -0.137. The number of hydrogen-bond acceptors (Lipinski definition) is 4. The molecule has 21 heavy (non-hydrogen) atoms. The number of ether oxygens (including phenoxy) is 1. The fourth-order valence-electron chi connectivity index (χ4n) is 1.72. The van der Waals surface area contributed by atoms with Crippen LogP contribution >= 0.6 is 0 Å². The molecule has 0 spiro atoms. The molecule has 0 aliphatic rings. The Morgan fingerprint density at radius 2 is 2.00 bits per heavy atom. The normalized spacial score (nSPS) is 11.9. The second-order valence-electron chi connectivity index (χ2n) is 5.06. The van der Waals surface area contributed by atoms with E-state index in [4.69, 9.17) is 9.84 Å². The van der Waals surface area contributed by atoms with Gasteiger partial charge in [0.1, 0.15) is 5.75 Å². The van der Waals surface area contributed by atoms with Gasteiger partial charge in [-0.1, -0.05) is 0 Å². The first kappa shape index (κ1) is 17.5. The summed E-state index contributed by atoms with van der Waals surface area (Å²) in [7, 11) is -2.32. The van der Waals surface area contributed by atoms with E-state index in [1.807, 2.05) is 13.8 Å². The molecule has 0 amide bonds. The zero-order valence-corrected chi connectivity index (χ0v) is 13.5. The van der Waals surface area contributed by atoms with Gasteiger partial charge >= 0.3 is 5.97 Å². The Kier molecular flexibility index (Phi) is 5.74. The van der Waals surface area contributed by atoms with Crippen molar-refractivity contribution in [2.24, 2.45) is 0 Å². The van der Waals surface area contributed by atoms with Crippen molar-refractivity contribution in [1.29, 1.82) is 0 Å². The minimum atomic E-state index is -3.69. The zero-order valence-electron chi connectivity index (χ0n) is 12.7. The smallest absolute Gasteiger partial charge is 0.304 e. The van der Waals surface area contributed by atoms with E-state index in [-0.39, 0.29) is 24.0 Å². The standard InChI is InChI=1S/C14H21NO5S/c1-10(2)20-13-6-5-12(9-11(13)3)21(18,19)15(4)8-7-14(16)17/h5-6,9-10H,7-8H2,1-4H3,(H,16,17). The molecule has 0 saturated carbocycles. The van der Waals surface area contributed by atoms with Crippen LogP contribution in [0.1, 0.15) is 25.8 Å². The summed E-state index contributed by atoms with van der Waals surface area (Å²) in [5.74, 6) is -0.397. The van der Waals surface area contributed by atoms with E-state index in [0.29, 0.717) is 5.75 Å². The highest BCUT2D eigenvalue weighted by Crippen LogP contribution is 2.24. The second-order valence-corrected chi connectivity index (χ2v) is 7.11. The molecule has 0 aliphatic heterocycles. The van der Waals surface area contributed by atoms with Crippen molar-refractivity contribution >= 4 is 16.0 Å². The molecule has 0 bridgehead atoms. The molecule has 118 valence electrons. The van der Waals surface area contributed by atoms with Crippen LogP contribution in [-0.2, 0) is 14.8 Å². The third-order valence-electron chi connectivity index (χ3n) is 2.86. The summed E-state index contributed by atoms with van der Waals surface area (Å²) >= 11 is 0. The molecule has 7 heteroatoms. The number of sulfonamides is 1. The number of carboxylic acids is 1. The molecule has 0 atom stereocenters. The molecule has 0 heterocycles. The van der Waals surface area contributed by atoms with Gasteiger partial charge in [0, 0.05) is 13.6 Å². The molecule has 0 aromatic heterocycles. The predicted molar refractivity (Wildman–Crippen MR) is 79.0 cm³/mol. The molecule has 1 N–H and O–H groups in total. The summed E-state index contributed by atoms with van der Waals surface area (Å²) in [5.41, 5.74) is 0.719. The van der Waals surface area contributed by atoms with Crippen LogP contribution in [0.2, 0.25) is 0 Å². The SMILES string of the molecule is Cc1cc(S(=O)(=O)N(C)CCC(=O)O)ccc1OC(C)C. The highest BCUT2D eigenvalue weighted by Gasteiger charge is 2.22. The van der Waals surface area contributed by atoms with Crippen molar-refractivity contribution in [2.45, 2.75) is 38.2 Å². The number of carbonyl (C=O) groups is 1. The molecular weight excluding hydrogens is 294 g/mol. The van der Waals surface area contributed by atoms with Crippen LogP contribution in [0.5, 0.6) is 5.75 Å². The lowest BCUT2D eigenvalue weighted by atomic mass is 10.2. The number of nitrogens with zero attached hydrogens (tertiary/aromatic N) is 1. The summed E-state index contributed by atoms with van der Waals surface area (Å²) in [6, 6.07) is 4.62. The molecule has 1 aromatic carbocycles. The Balaban J connectivity index is 2.98. The maximum Gasteiger partial charge on any atom is 0.304 e. The van der Waals surface area contributed by atoms with Gasteiger partial charge in [0.25, 0.3) is 0 Å². The summed E-state index contributed by atoms with van der Waals surface area (Å²) in [5, 5.41) is 8.63. The van der Waals surface area contributed by atoms with Gasteiger partial charge in [-0.25, -0.2) is 12.7 Å². The van der Waals surface area contributed by atoms with Crippen LogP contribution in [0.25, 0.3) is 0 Å². The fraction of sp³-hybridized carbons (Fsp3) is 0.500. The highest BCUT2D eigenvalue weighted by molar-refractivity contribution is 7.89. The zero-order chi connectivity index (χ0) is 16.2. The van der Waals surface area contributed by atoms with Gasteiger partial charge in [-0.3, -0.25) is 4.79 Å². The van der Waals surface area contributed by atoms with Crippen molar-refractivity contribution in [3.8, 4) is 5.75 Å². The fourth-order valence-corrected chi connectivity index (χ4v) is 2.98. The van der Waals surface area contributed by atoms with Gasteiger partial charge in [0.15, 0.2) is 0 Å². The number of rotatable bonds is 7. The Hall–Kier alpha value is -1.60.